The number of methoxy groups -OCH3 is 2. The fourth-order valence-electron chi connectivity index (χ4n) is 1.84. The summed E-state index contributed by atoms with van der Waals surface area (Å²) in [6.45, 7) is 0.184. The number of carboxylic acid groups (broad SMARTS) is 1. The number of carbonyl (C=O) groups is 2. The van der Waals surface area contributed by atoms with E-state index in [0.29, 0.717) is 17.2 Å². The minimum atomic E-state index is -1.09. The van der Waals surface area contributed by atoms with Crippen LogP contribution >= 0.6 is 0 Å². The highest BCUT2D eigenvalue weighted by atomic mass is 16.5. The molecule has 1 atom stereocenters. The number of aliphatic carboxylic acids is 1. The van der Waals surface area contributed by atoms with Crippen LogP contribution in [-0.2, 0) is 9.59 Å². The molecule has 18 heavy (non-hydrogen) atoms. The van der Waals surface area contributed by atoms with Crippen molar-refractivity contribution in [2.45, 2.75) is 0 Å². The molecular formula is C12H13NO5. The minimum Gasteiger partial charge on any atom is -0.493 e. The van der Waals surface area contributed by atoms with Gasteiger partial charge in [0.25, 0.3) is 0 Å². The van der Waals surface area contributed by atoms with Crippen LogP contribution in [-0.4, -0.2) is 37.7 Å². The van der Waals surface area contributed by atoms with Gasteiger partial charge in [0, 0.05) is 18.3 Å². The second-order valence-corrected chi connectivity index (χ2v) is 3.88. The third-order valence-electron chi connectivity index (χ3n) is 2.91. The molecule has 1 aliphatic heterocycles. The number of hydrogen-bond acceptors (Lipinski definition) is 4. The molecule has 1 N–H and O–H groups in total. The number of nitrogens with zero attached hydrogens (tertiary/aromatic N) is 1. The Morgan fingerprint density at radius 2 is 2.00 bits per heavy atom. The molecule has 2 rings (SSSR count). The lowest BCUT2D eigenvalue weighted by Gasteiger charge is -2.36. The van der Waals surface area contributed by atoms with E-state index in [1.54, 1.807) is 18.2 Å². The van der Waals surface area contributed by atoms with Crippen LogP contribution in [0.1, 0.15) is 0 Å². The zero-order valence-corrected chi connectivity index (χ0v) is 10.0. The topological polar surface area (TPSA) is 76.1 Å². The summed E-state index contributed by atoms with van der Waals surface area (Å²) in [5.74, 6) is -1.37. The van der Waals surface area contributed by atoms with Gasteiger partial charge in [-0.05, 0) is 12.1 Å². The van der Waals surface area contributed by atoms with Gasteiger partial charge in [0.15, 0.2) is 17.4 Å². The zero-order chi connectivity index (χ0) is 13.3. The third-order valence-corrected chi connectivity index (χ3v) is 2.91. The monoisotopic (exact) mass is 251 g/mol. The first-order valence-electron chi connectivity index (χ1n) is 5.34. The molecule has 1 amide bonds. The highest BCUT2D eigenvalue weighted by molar-refractivity contribution is 6.12. The van der Waals surface area contributed by atoms with Crippen molar-refractivity contribution in [3.8, 4) is 11.5 Å². The summed E-state index contributed by atoms with van der Waals surface area (Å²) in [5, 5.41) is 8.76. The van der Waals surface area contributed by atoms with Gasteiger partial charge in [0.2, 0.25) is 5.91 Å². The van der Waals surface area contributed by atoms with E-state index < -0.39 is 17.8 Å². The summed E-state index contributed by atoms with van der Waals surface area (Å²) in [7, 11) is 3.02. The Balaban J connectivity index is 2.21. The number of benzene rings is 1. The van der Waals surface area contributed by atoms with Gasteiger partial charge in [-0.1, -0.05) is 0 Å². The Hall–Kier alpha value is -2.24. The second-order valence-electron chi connectivity index (χ2n) is 3.88. The Labute approximate surface area is 104 Å². The summed E-state index contributed by atoms with van der Waals surface area (Å²) < 4.78 is 10.2. The van der Waals surface area contributed by atoms with E-state index in [2.05, 4.69) is 0 Å². The molecule has 0 aromatic heterocycles. The number of anilines is 1. The molecule has 0 bridgehead atoms. The van der Waals surface area contributed by atoms with E-state index in [1.165, 1.54) is 19.1 Å². The van der Waals surface area contributed by atoms with Crippen molar-refractivity contribution in [3.05, 3.63) is 18.2 Å². The molecule has 6 heteroatoms. The summed E-state index contributed by atoms with van der Waals surface area (Å²) in [4.78, 5) is 23.7. The first kappa shape index (κ1) is 12.2. The fraction of sp³-hybridized carbons (Fsp3) is 0.333. The van der Waals surface area contributed by atoms with E-state index in [0.717, 1.165) is 0 Å². The van der Waals surface area contributed by atoms with Crippen molar-refractivity contribution in [1.82, 2.24) is 0 Å². The SMILES string of the molecule is COc1ccc(N2CC(C(=O)O)C2=O)cc1OC. The van der Waals surface area contributed by atoms with Gasteiger partial charge in [0.05, 0.1) is 14.2 Å². The molecule has 96 valence electrons. The molecule has 0 radical (unpaired) electrons. The molecule has 1 saturated heterocycles. The van der Waals surface area contributed by atoms with Crippen LogP contribution in [0.15, 0.2) is 18.2 Å². The Morgan fingerprint density at radius 1 is 1.33 bits per heavy atom. The van der Waals surface area contributed by atoms with E-state index >= 15 is 0 Å². The van der Waals surface area contributed by atoms with E-state index in [1.807, 2.05) is 0 Å². The van der Waals surface area contributed by atoms with Crippen molar-refractivity contribution in [1.29, 1.82) is 0 Å². The fourth-order valence-corrected chi connectivity index (χ4v) is 1.84. The van der Waals surface area contributed by atoms with Crippen LogP contribution in [0, 0.1) is 5.92 Å². The highest BCUT2D eigenvalue weighted by Crippen LogP contribution is 2.34. The van der Waals surface area contributed by atoms with Crippen molar-refractivity contribution in [2.24, 2.45) is 5.92 Å². The highest BCUT2D eigenvalue weighted by Gasteiger charge is 2.43. The van der Waals surface area contributed by atoms with Crippen molar-refractivity contribution in [3.63, 3.8) is 0 Å². The van der Waals surface area contributed by atoms with Gasteiger partial charge in [-0.3, -0.25) is 9.59 Å². The summed E-state index contributed by atoms with van der Waals surface area (Å²) in [6.07, 6.45) is 0. The third kappa shape index (κ3) is 1.85. The largest absolute Gasteiger partial charge is 0.493 e. The minimum absolute atomic E-state index is 0.184. The number of amides is 1. The van der Waals surface area contributed by atoms with Crippen LogP contribution in [0.5, 0.6) is 11.5 Å². The predicted octanol–water partition coefficient (Wildman–Crippen LogP) is 0.751. The number of carboxylic acids is 1. The lowest BCUT2D eigenvalue weighted by Crippen LogP contribution is -2.56. The Morgan fingerprint density at radius 3 is 2.50 bits per heavy atom. The van der Waals surface area contributed by atoms with Crippen LogP contribution in [0.2, 0.25) is 0 Å². The second kappa shape index (κ2) is 4.56. The average molecular weight is 251 g/mol. The molecule has 6 nitrogen and oxygen atoms in total. The molecule has 1 fully saturated rings. The lowest BCUT2D eigenvalue weighted by molar-refractivity contribution is -0.149. The zero-order valence-electron chi connectivity index (χ0n) is 10.0. The number of ether oxygens (including phenoxy) is 2. The molecule has 0 aliphatic carbocycles. The molecule has 1 aliphatic rings. The van der Waals surface area contributed by atoms with E-state index in [9.17, 15) is 9.59 Å². The van der Waals surface area contributed by atoms with Gasteiger partial charge >= 0.3 is 5.97 Å². The Kier molecular flexibility index (Phi) is 3.10. The standard InChI is InChI=1S/C12H13NO5/c1-17-9-4-3-7(5-10(9)18-2)13-6-8(11(13)14)12(15)16/h3-5,8H,6H2,1-2H3,(H,15,16). The normalized spacial score (nSPS) is 18.2. The molecule has 1 aromatic carbocycles. The van der Waals surface area contributed by atoms with E-state index in [4.69, 9.17) is 14.6 Å². The number of rotatable bonds is 4. The number of carbonyl (C=O) groups excluding carboxylic acids is 1. The van der Waals surface area contributed by atoms with Gasteiger partial charge in [-0.25, -0.2) is 0 Å². The maximum absolute atomic E-state index is 11.6. The Bertz CT molecular complexity index is 499. The lowest BCUT2D eigenvalue weighted by atomic mass is 9.98. The van der Waals surface area contributed by atoms with Gasteiger partial charge in [-0.2, -0.15) is 0 Å². The first-order chi connectivity index (χ1) is 8.58. The molecule has 0 saturated carbocycles. The van der Waals surface area contributed by atoms with Crippen LogP contribution < -0.4 is 14.4 Å². The maximum Gasteiger partial charge on any atom is 0.317 e. The molecule has 1 unspecified atom stereocenters. The number of β-lactam (4-membered cyclic amide) rings is 1. The smallest absolute Gasteiger partial charge is 0.317 e. The van der Waals surface area contributed by atoms with Crippen molar-refractivity contribution in [2.75, 3.05) is 25.7 Å². The quantitative estimate of drug-likeness (QED) is 0.631. The molecular weight excluding hydrogens is 238 g/mol. The van der Waals surface area contributed by atoms with Gasteiger partial charge in [-0.15, -0.1) is 0 Å². The molecule has 1 heterocycles. The van der Waals surface area contributed by atoms with Crippen LogP contribution in [0.25, 0.3) is 0 Å². The van der Waals surface area contributed by atoms with Crippen molar-refractivity contribution >= 4 is 17.6 Å². The summed E-state index contributed by atoms with van der Waals surface area (Å²) in [5.41, 5.74) is 0.607. The maximum atomic E-state index is 11.6. The average Bonchev–Trinajstić information content (AvgIpc) is 2.36. The number of hydrogen-bond donors (Lipinski definition) is 1. The summed E-state index contributed by atoms with van der Waals surface area (Å²) >= 11 is 0. The predicted molar refractivity (Wildman–Crippen MR) is 63.0 cm³/mol. The van der Waals surface area contributed by atoms with Gasteiger partial charge < -0.3 is 19.5 Å². The van der Waals surface area contributed by atoms with Crippen molar-refractivity contribution < 1.29 is 24.2 Å². The van der Waals surface area contributed by atoms with E-state index in [-0.39, 0.29) is 6.54 Å². The first-order valence-corrected chi connectivity index (χ1v) is 5.34. The summed E-state index contributed by atoms with van der Waals surface area (Å²) in [6, 6.07) is 5.02. The molecule has 1 aromatic rings. The van der Waals surface area contributed by atoms with Gasteiger partial charge in [0.1, 0.15) is 0 Å². The van der Waals surface area contributed by atoms with Crippen LogP contribution in [0.3, 0.4) is 0 Å². The van der Waals surface area contributed by atoms with Crippen LogP contribution in [0.4, 0.5) is 5.69 Å². The molecule has 0 spiro atoms.